The Morgan fingerprint density at radius 3 is 2.62 bits per heavy atom. The van der Waals surface area contributed by atoms with Gasteiger partial charge in [-0.1, -0.05) is 6.07 Å². The van der Waals surface area contributed by atoms with E-state index in [0.29, 0.717) is 6.42 Å². The van der Waals surface area contributed by atoms with Crippen LogP contribution in [0.1, 0.15) is 34.1 Å². The standard InChI is InChI=1S/C14H22FN5O/c1-13(2)8-9(14(3,4)20(13)21)17-12(16)19-11-7-5-6-10(15)18-11/h5-7,9,21H,8H2,1-4H3,(H3,16,17,18,19). The van der Waals surface area contributed by atoms with Gasteiger partial charge in [0, 0.05) is 5.54 Å². The number of hydroxylamine groups is 2. The SMILES string of the molecule is CC1(C)CC(NC(=N)Nc2cccc(F)n2)C(C)(C)N1O. The summed E-state index contributed by atoms with van der Waals surface area (Å²) in [5.41, 5.74) is -0.897. The van der Waals surface area contributed by atoms with E-state index in [1.54, 1.807) is 6.07 Å². The van der Waals surface area contributed by atoms with E-state index in [1.807, 2.05) is 27.7 Å². The minimum absolute atomic E-state index is 0.0253. The molecule has 0 bridgehead atoms. The molecule has 0 saturated carbocycles. The Kier molecular flexibility index (Phi) is 3.90. The fourth-order valence-corrected chi connectivity index (χ4v) is 2.81. The van der Waals surface area contributed by atoms with Crippen LogP contribution in [0.3, 0.4) is 0 Å². The molecule has 0 aromatic carbocycles. The van der Waals surface area contributed by atoms with E-state index in [4.69, 9.17) is 5.41 Å². The third-order valence-corrected chi connectivity index (χ3v) is 3.96. The highest BCUT2D eigenvalue weighted by Crippen LogP contribution is 2.38. The van der Waals surface area contributed by atoms with E-state index in [9.17, 15) is 9.60 Å². The zero-order valence-electron chi connectivity index (χ0n) is 12.7. The van der Waals surface area contributed by atoms with E-state index in [1.165, 1.54) is 17.2 Å². The molecule has 2 heterocycles. The topological polar surface area (TPSA) is 84.3 Å². The maximum absolute atomic E-state index is 13.0. The molecule has 116 valence electrons. The van der Waals surface area contributed by atoms with Gasteiger partial charge in [0.1, 0.15) is 5.82 Å². The molecule has 2 rings (SSSR count). The molecule has 1 unspecified atom stereocenters. The van der Waals surface area contributed by atoms with Crippen molar-refractivity contribution in [3.8, 4) is 0 Å². The molecule has 1 aliphatic heterocycles. The third-order valence-electron chi connectivity index (χ3n) is 3.96. The number of hydrogen-bond acceptors (Lipinski definition) is 4. The summed E-state index contributed by atoms with van der Waals surface area (Å²) in [5, 5.41) is 25.2. The third kappa shape index (κ3) is 3.14. The van der Waals surface area contributed by atoms with Crippen LogP contribution >= 0.6 is 0 Å². The Labute approximate surface area is 123 Å². The molecule has 1 aliphatic rings. The van der Waals surface area contributed by atoms with Crippen molar-refractivity contribution < 1.29 is 9.60 Å². The van der Waals surface area contributed by atoms with Crippen molar-refractivity contribution in [2.24, 2.45) is 0 Å². The second kappa shape index (κ2) is 5.23. The fourth-order valence-electron chi connectivity index (χ4n) is 2.81. The lowest BCUT2D eigenvalue weighted by atomic mass is 9.94. The smallest absolute Gasteiger partial charge is 0.214 e. The molecule has 0 aliphatic carbocycles. The van der Waals surface area contributed by atoms with Crippen LogP contribution in [-0.4, -0.2) is 38.3 Å². The molecular formula is C14H22FN5O. The molecule has 4 N–H and O–H groups in total. The maximum atomic E-state index is 13.0. The number of anilines is 1. The van der Waals surface area contributed by atoms with Crippen molar-refractivity contribution in [3.63, 3.8) is 0 Å². The first-order valence-corrected chi connectivity index (χ1v) is 6.87. The van der Waals surface area contributed by atoms with E-state index >= 15 is 0 Å². The monoisotopic (exact) mass is 295 g/mol. The molecule has 21 heavy (non-hydrogen) atoms. The first kappa shape index (κ1) is 15.7. The number of rotatable bonds is 2. The Hall–Kier alpha value is -1.73. The first-order chi connectivity index (χ1) is 9.63. The molecule has 1 saturated heterocycles. The second-order valence-electron chi connectivity index (χ2n) is 6.52. The van der Waals surface area contributed by atoms with E-state index < -0.39 is 11.5 Å². The summed E-state index contributed by atoms with van der Waals surface area (Å²) < 4.78 is 13.0. The zero-order chi connectivity index (χ0) is 15.8. The molecule has 7 heteroatoms. The second-order valence-corrected chi connectivity index (χ2v) is 6.52. The number of nitrogens with zero attached hydrogens (tertiary/aromatic N) is 2. The van der Waals surface area contributed by atoms with Gasteiger partial charge in [0.2, 0.25) is 5.95 Å². The van der Waals surface area contributed by atoms with Crippen LogP contribution in [0.25, 0.3) is 0 Å². The predicted octanol–water partition coefficient (Wildman–Crippen LogP) is 2.18. The van der Waals surface area contributed by atoms with Crippen LogP contribution in [0.4, 0.5) is 10.2 Å². The van der Waals surface area contributed by atoms with Gasteiger partial charge in [-0.25, -0.2) is 4.98 Å². The summed E-state index contributed by atoms with van der Waals surface area (Å²) >= 11 is 0. The number of hydrogen-bond donors (Lipinski definition) is 4. The van der Waals surface area contributed by atoms with Crippen LogP contribution in [0.5, 0.6) is 0 Å². The van der Waals surface area contributed by atoms with Gasteiger partial charge >= 0.3 is 0 Å². The highest BCUT2D eigenvalue weighted by Gasteiger charge is 2.51. The molecule has 1 aromatic heterocycles. The summed E-state index contributed by atoms with van der Waals surface area (Å²) in [5.74, 6) is -0.308. The molecule has 1 atom stereocenters. The largest absolute Gasteiger partial charge is 0.352 e. The minimum atomic E-state index is -0.600. The van der Waals surface area contributed by atoms with Crippen molar-refractivity contribution >= 4 is 11.8 Å². The van der Waals surface area contributed by atoms with Crippen molar-refractivity contribution in [2.45, 2.75) is 51.2 Å². The van der Waals surface area contributed by atoms with Crippen molar-refractivity contribution in [1.29, 1.82) is 5.41 Å². The number of nitrogens with one attached hydrogen (secondary N) is 3. The lowest BCUT2D eigenvalue weighted by Crippen LogP contribution is -2.54. The molecule has 1 aromatic rings. The van der Waals surface area contributed by atoms with E-state index in [0.717, 1.165) is 0 Å². The van der Waals surface area contributed by atoms with Gasteiger partial charge in [0.25, 0.3) is 0 Å². The Morgan fingerprint density at radius 2 is 2.10 bits per heavy atom. The molecule has 6 nitrogen and oxygen atoms in total. The average Bonchev–Trinajstić information content (AvgIpc) is 2.50. The lowest BCUT2D eigenvalue weighted by molar-refractivity contribution is -0.193. The van der Waals surface area contributed by atoms with Gasteiger partial charge in [-0.05, 0) is 46.2 Å². The summed E-state index contributed by atoms with van der Waals surface area (Å²) in [7, 11) is 0. The Balaban J connectivity index is 2.03. The van der Waals surface area contributed by atoms with Crippen LogP contribution in [-0.2, 0) is 0 Å². The van der Waals surface area contributed by atoms with Crippen LogP contribution in [0, 0.1) is 11.4 Å². The van der Waals surface area contributed by atoms with Crippen LogP contribution in [0.2, 0.25) is 0 Å². The number of aromatic nitrogens is 1. The lowest BCUT2D eigenvalue weighted by Gasteiger charge is -2.36. The van der Waals surface area contributed by atoms with Gasteiger partial charge in [-0.3, -0.25) is 5.41 Å². The van der Waals surface area contributed by atoms with Crippen LogP contribution < -0.4 is 10.6 Å². The van der Waals surface area contributed by atoms with Crippen molar-refractivity contribution in [2.75, 3.05) is 5.32 Å². The summed E-state index contributed by atoms with van der Waals surface area (Å²) in [6.07, 6.45) is 0.678. The highest BCUT2D eigenvalue weighted by atomic mass is 19.1. The molecule has 0 spiro atoms. The van der Waals surface area contributed by atoms with E-state index in [-0.39, 0.29) is 23.4 Å². The minimum Gasteiger partial charge on any atom is -0.352 e. The molecule has 0 radical (unpaired) electrons. The summed E-state index contributed by atoms with van der Waals surface area (Å²) in [6, 6.07) is 4.23. The van der Waals surface area contributed by atoms with Gasteiger partial charge in [0.15, 0.2) is 5.96 Å². The fraction of sp³-hybridized carbons (Fsp3) is 0.571. The Bertz CT molecular complexity index is 546. The number of pyridine rings is 1. The number of halogens is 1. The molecule has 0 amide bonds. The normalized spacial score (nSPS) is 23.8. The predicted molar refractivity (Wildman–Crippen MR) is 78.9 cm³/mol. The van der Waals surface area contributed by atoms with Crippen molar-refractivity contribution in [1.82, 2.24) is 15.4 Å². The van der Waals surface area contributed by atoms with Gasteiger partial charge in [0.05, 0.1) is 11.6 Å². The van der Waals surface area contributed by atoms with Gasteiger partial charge in [-0.15, -0.1) is 0 Å². The Morgan fingerprint density at radius 1 is 1.43 bits per heavy atom. The average molecular weight is 295 g/mol. The quantitative estimate of drug-likeness (QED) is 0.382. The number of guanidine groups is 1. The maximum Gasteiger partial charge on any atom is 0.214 e. The molecule has 1 fully saturated rings. The highest BCUT2D eigenvalue weighted by molar-refractivity contribution is 5.90. The summed E-state index contributed by atoms with van der Waals surface area (Å²) in [6.45, 7) is 7.71. The van der Waals surface area contributed by atoms with Crippen LogP contribution in [0.15, 0.2) is 18.2 Å². The van der Waals surface area contributed by atoms with Gasteiger partial charge < -0.3 is 15.8 Å². The summed E-state index contributed by atoms with van der Waals surface area (Å²) in [4.78, 5) is 3.65. The van der Waals surface area contributed by atoms with Gasteiger partial charge in [-0.2, -0.15) is 9.45 Å². The molecular weight excluding hydrogens is 273 g/mol. The van der Waals surface area contributed by atoms with Crippen molar-refractivity contribution in [3.05, 3.63) is 24.1 Å². The van der Waals surface area contributed by atoms with E-state index in [2.05, 4.69) is 15.6 Å². The zero-order valence-corrected chi connectivity index (χ0v) is 12.7. The first-order valence-electron chi connectivity index (χ1n) is 6.87.